The molecule has 0 aromatic rings. The predicted molar refractivity (Wildman–Crippen MR) is 116 cm³/mol. The average Bonchev–Trinajstić information content (AvgIpc) is 2.85. The van der Waals surface area contributed by atoms with E-state index in [-0.39, 0.29) is 28.5 Å². The number of carbonyl (C=O) groups is 3. The molecule has 4 aliphatic carbocycles. The van der Waals surface area contributed by atoms with Gasteiger partial charge in [-0.05, 0) is 93.8 Å². The lowest BCUT2D eigenvalue weighted by Gasteiger charge is -2.60. The number of hydrogen-bond acceptors (Lipinski definition) is 4. The van der Waals surface area contributed by atoms with Crippen LogP contribution in [-0.2, 0) is 19.1 Å². The molecule has 4 aliphatic rings. The smallest absolute Gasteiger partial charge is 0.316 e. The third kappa shape index (κ3) is 3.28. The number of hydrogen-bond donors (Lipinski definition) is 0. The maximum atomic E-state index is 13.5. The number of esters is 1. The average molecular weight is 417 g/mol. The monoisotopic (exact) mass is 416 g/mol. The molecule has 0 amide bonds. The molecular weight excluding hydrogens is 376 g/mol. The van der Waals surface area contributed by atoms with E-state index in [4.69, 9.17) is 4.74 Å². The molecule has 0 saturated heterocycles. The van der Waals surface area contributed by atoms with Crippen molar-refractivity contribution in [2.75, 3.05) is 6.61 Å². The van der Waals surface area contributed by atoms with Crippen LogP contribution in [0.1, 0.15) is 91.9 Å². The molecule has 168 valence electrons. The van der Waals surface area contributed by atoms with Gasteiger partial charge in [0.1, 0.15) is 11.7 Å². The van der Waals surface area contributed by atoms with E-state index < -0.39 is 5.92 Å². The van der Waals surface area contributed by atoms with E-state index in [1.54, 1.807) is 6.92 Å². The van der Waals surface area contributed by atoms with Crippen molar-refractivity contribution in [3.63, 3.8) is 0 Å². The van der Waals surface area contributed by atoms with Crippen LogP contribution in [0.15, 0.2) is 0 Å². The van der Waals surface area contributed by atoms with Gasteiger partial charge in [-0.15, -0.1) is 0 Å². The summed E-state index contributed by atoms with van der Waals surface area (Å²) >= 11 is 0. The summed E-state index contributed by atoms with van der Waals surface area (Å²) in [4.78, 5) is 38.5. The summed E-state index contributed by atoms with van der Waals surface area (Å²) in [6, 6.07) is 0. The van der Waals surface area contributed by atoms with Crippen molar-refractivity contribution in [2.24, 2.45) is 46.3 Å². The first-order chi connectivity index (χ1) is 14.3. The van der Waals surface area contributed by atoms with Crippen molar-refractivity contribution in [3.8, 4) is 0 Å². The lowest BCUT2D eigenvalue weighted by atomic mass is 9.43. The van der Waals surface area contributed by atoms with Gasteiger partial charge < -0.3 is 4.74 Å². The minimum absolute atomic E-state index is 0.144. The van der Waals surface area contributed by atoms with E-state index in [1.165, 1.54) is 12.8 Å². The molecule has 2 unspecified atom stereocenters. The van der Waals surface area contributed by atoms with Crippen LogP contribution in [0, 0.1) is 46.3 Å². The normalized spacial score (nSPS) is 46.3. The molecule has 0 N–H and O–H groups in total. The Morgan fingerprint density at radius 1 is 1.00 bits per heavy atom. The van der Waals surface area contributed by atoms with Crippen molar-refractivity contribution in [2.45, 2.75) is 91.9 Å². The number of carbonyl (C=O) groups excluding carboxylic acids is 3. The highest BCUT2D eigenvalue weighted by molar-refractivity contribution is 6.02. The van der Waals surface area contributed by atoms with Crippen LogP contribution in [0.25, 0.3) is 0 Å². The zero-order valence-corrected chi connectivity index (χ0v) is 19.4. The molecule has 30 heavy (non-hydrogen) atoms. The summed E-state index contributed by atoms with van der Waals surface area (Å²) in [5.41, 5.74) is -0.155. The summed E-state index contributed by atoms with van der Waals surface area (Å²) < 4.78 is 5.22. The zero-order chi connectivity index (χ0) is 21.7. The van der Waals surface area contributed by atoms with Crippen molar-refractivity contribution < 1.29 is 19.1 Å². The van der Waals surface area contributed by atoms with Crippen LogP contribution in [0.2, 0.25) is 0 Å². The van der Waals surface area contributed by atoms with Crippen LogP contribution in [0.5, 0.6) is 0 Å². The predicted octanol–water partition coefficient (Wildman–Crippen LogP) is 5.37. The third-order valence-electron chi connectivity index (χ3n) is 10.1. The van der Waals surface area contributed by atoms with Crippen LogP contribution >= 0.6 is 0 Å². The summed E-state index contributed by atoms with van der Waals surface area (Å²) in [7, 11) is 0. The Labute approximate surface area is 181 Å². The molecule has 0 heterocycles. The van der Waals surface area contributed by atoms with Gasteiger partial charge in [0.15, 0.2) is 5.78 Å². The number of Topliss-reactive ketones (excluding diaryl/α,β-unsaturated/α-hetero) is 2. The van der Waals surface area contributed by atoms with Crippen LogP contribution < -0.4 is 0 Å². The van der Waals surface area contributed by atoms with E-state index in [0.29, 0.717) is 42.5 Å². The Morgan fingerprint density at radius 2 is 1.77 bits per heavy atom. The molecule has 4 fully saturated rings. The first-order valence-corrected chi connectivity index (χ1v) is 12.5. The molecule has 4 nitrogen and oxygen atoms in total. The topological polar surface area (TPSA) is 60.4 Å². The van der Waals surface area contributed by atoms with Crippen molar-refractivity contribution in [3.05, 3.63) is 0 Å². The molecule has 4 heteroatoms. The summed E-state index contributed by atoms with van der Waals surface area (Å²) in [5.74, 6) is 2.21. The second-order valence-corrected chi connectivity index (χ2v) is 11.2. The number of fused-ring (bicyclic) bond motifs is 5. The molecule has 0 aromatic heterocycles. The zero-order valence-electron chi connectivity index (χ0n) is 19.4. The molecular formula is C26H40O4. The highest BCUT2D eigenvalue weighted by Crippen LogP contribution is 2.65. The van der Waals surface area contributed by atoms with Crippen molar-refractivity contribution in [1.29, 1.82) is 0 Å². The van der Waals surface area contributed by atoms with Gasteiger partial charge in [0.2, 0.25) is 0 Å². The molecule has 4 rings (SSSR count). The minimum Gasteiger partial charge on any atom is -0.465 e. The van der Waals surface area contributed by atoms with Gasteiger partial charge in [-0.25, -0.2) is 0 Å². The van der Waals surface area contributed by atoms with E-state index >= 15 is 0 Å². The first kappa shape index (κ1) is 22.0. The largest absolute Gasteiger partial charge is 0.465 e. The van der Waals surface area contributed by atoms with Gasteiger partial charge in [0.25, 0.3) is 0 Å². The molecule has 0 spiro atoms. The van der Waals surface area contributed by atoms with Gasteiger partial charge in [-0.3, -0.25) is 14.4 Å². The lowest BCUT2D eigenvalue weighted by Crippen LogP contribution is -2.57. The van der Waals surface area contributed by atoms with Gasteiger partial charge in [0, 0.05) is 17.8 Å². The fraction of sp³-hybridized carbons (Fsp3) is 0.885. The van der Waals surface area contributed by atoms with Crippen LogP contribution in [0.3, 0.4) is 0 Å². The number of ketones is 2. The van der Waals surface area contributed by atoms with Gasteiger partial charge in [-0.2, -0.15) is 0 Å². The van der Waals surface area contributed by atoms with E-state index in [1.807, 2.05) is 0 Å². The highest BCUT2D eigenvalue weighted by Gasteiger charge is 2.61. The highest BCUT2D eigenvalue weighted by atomic mass is 16.5. The Morgan fingerprint density at radius 3 is 2.47 bits per heavy atom. The lowest BCUT2D eigenvalue weighted by molar-refractivity contribution is -0.169. The fourth-order valence-corrected chi connectivity index (χ4v) is 8.28. The maximum Gasteiger partial charge on any atom is 0.316 e. The van der Waals surface area contributed by atoms with E-state index in [2.05, 4.69) is 20.8 Å². The van der Waals surface area contributed by atoms with Gasteiger partial charge in [-0.1, -0.05) is 20.8 Å². The molecule has 0 aliphatic heterocycles. The quantitative estimate of drug-likeness (QED) is 0.458. The minimum atomic E-state index is -0.560. The molecule has 4 saturated carbocycles. The molecule has 0 radical (unpaired) electrons. The summed E-state index contributed by atoms with van der Waals surface area (Å²) in [6.45, 7) is 8.91. The molecule has 0 bridgehead atoms. The summed E-state index contributed by atoms with van der Waals surface area (Å²) in [5, 5.41) is 0. The summed E-state index contributed by atoms with van der Waals surface area (Å²) in [6.07, 6.45) is 9.76. The van der Waals surface area contributed by atoms with Crippen molar-refractivity contribution >= 4 is 17.5 Å². The maximum absolute atomic E-state index is 13.5. The SMILES string of the molecule is CCOC(=O)C1CC[C@H]2[C@@H]3CC[C@H]4CC(CC)C(=O)CC[C@]4(C)[C@H]3CC[C@]2(C)C1=O. The number of ether oxygens (including phenoxy) is 1. The Kier molecular flexibility index (Phi) is 5.91. The van der Waals surface area contributed by atoms with Crippen LogP contribution in [0.4, 0.5) is 0 Å². The van der Waals surface area contributed by atoms with E-state index in [9.17, 15) is 14.4 Å². The number of rotatable bonds is 3. The second-order valence-electron chi connectivity index (χ2n) is 11.2. The third-order valence-corrected chi connectivity index (χ3v) is 10.1. The Bertz CT molecular complexity index is 714. The Hall–Kier alpha value is -1.19. The standard InChI is InChI=1S/C26H40O4/c1-5-16-15-17-7-8-18-20-10-9-19(24(29)30-6-2)23(28)26(20,4)13-11-21(18)25(17,3)14-12-22(16)27/h16-21H,5-15H2,1-4H3/t16?,17-,18-,19?,20-,21-,25-,26-/m0/s1. The van der Waals surface area contributed by atoms with Crippen LogP contribution in [-0.4, -0.2) is 24.1 Å². The molecule has 8 atom stereocenters. The van der Waals surface area contributed by atoms with E-state index in [0.717, 1.165) is 44.9 Å². The molecule has 0 aromatic carbocycles. The fourth-order valence-electron chi connectivity index (χ4n) is 8.28. The first-order valence-electron chi connectivity index (χ1n) is 12.5. The van der Waals surface area contributed by atoms with Crippen molar-refractivity contribution in [1.82, 2.24) is 0 Å². The Balaban J connectivity index is 1.58. The van der Waals surface area contributed by atoms with Gasteiger partial charge in [0.05, 0.1) is 6.61 Å². The second kappa shape index (κ2) is 8.06. The van der Waals surface area contributed by atoms with Gasteiger partial charge >= 0.3 is 5.97 Å².